The molecule has 1 N–H and O–H groups in total. The smallest absolute Gasteiger partial charge is 0.193 e. The fraction of sp³-hybridized carbons (Fsp3) is 0.900. The van der Waals surface area contributed by atoms with Gasteiger partial charge < -0.3 is 55.7 Å². The van der Waals surface area contributed by atoms with Crippen LogP contribution in [0.1, 0.15) is 188 Å². The molecule has 88 heavy (non-hydrogen) atoms. The maximum Gasteiger partial charge on any atom is 0.193 e. The lowest BCUT2D eigenvalue weighted by atomic mass is 9.81. The number of carbonyl (C=O) groups excluding carboxylic acids is 1. The number of rotatable bonds is 14. The first-order valence-corrected chi connectivity index (χ1v) is 48.9. The highest BCUT2D eigenvalue weighted by molar-refractivity contribution is 6.76. The molecule has 4 unspecified atom stereocenters. The van der Waals surface area contributed by atoms with E-state index in [1.165, 1.54) is 0 Å². The molecular weight excluding hydrogens is 1190 g/mol. The van der Waals surface area contributed by atoms with E-state index in [4.69, 9.17) is 50.6 Å². The largest absolute Gasteiger partial charge is 0.414 e. The molecule has 510 valence electrons. The molecular formula is C70H132O13Si5. The van der Waals surface area contributed by atoms with Crippen molar-refractivity contribution in [2.45, 2.75) is 376 Å². The Balaban J connectivity index is 1.45. The van der Waals surface area contributed by atoms with Gasteiger partial charge in [0.25, 0.3) is 0 Å². The number of fused-ring (bicyclic) bond motifs is 2. The fourth-order valence-corrected chi connectivity index (χ4v) is 18.8. The van der Waals surface area contributed by atoms with E-state index in [1.54, 1.807) is 7.11 Å². The van der Waals surface area contributed by atoms with Gasteiger partial charge in [-0.1, -0.05) is 136 Å². The van der Waals surface area contributed by atoms with Gasteiger partial charge in [0.05, 0.1) is 79.9 Å². The summed E-state index contributed by atoms with van der Waals surface area (Å²) in [7, 11) is -10.3. The molecule has 0 saturated carbocycles. The Morgan fingerprint density at radius 1 is 0.545 bits per heavy atom. The maximum atomic E-state index is 15.4. The summed E-state index contributed by atoms with van der Waals surface area (Å²) in [6, 6.07) is 0. The number of aliphatic hydroxyl groups is 1. The SMILES string of the molecule is C=C1C[C@@H]2CCC(O)C=C[C@H](O[Si](C)(C)C(C)(C)C)[C@@H]3O[C@H]4CC[C@H](CC(=O)CC5[C@H](CC6O[C@@H](CCC1O2)C[C@@H](C)C6=C)O[C@H](C[C@@H](CO[Si](C)(C)C(C)(C)C)O[Si](C)(C)C(C)(C)C)[C@@H]5OC)O[C@@H]4[C@H](O[Si](C)(C)C(C)(C)C)[C@@H]3O[Si](C)(C)C(C)(C)C. The molecule has 0 radical (unpaired) electrons. The molecule has 13 nitrogen and oxygen atoms in total. The first kappa shape index (κ1) is 76.5. The molecule has 8 aliphatic rings. The molecule has 0 spiro atoms. The van der Waals surface area contributed by atoms with Crippen molar-refractivity contribution in [2.24, 2.45) is 11.8 Å². The number of hydrogen-bond donors (Lipinski definition) is 1. The van der Waals surface area contributed by atoms with E-state index in [9.17, 15) is 5.11 Å². The second-order valence-electron chi connectivity index (χ2n) is 35.7. The lowest BCUT2D eigenvalue weighted by Gasteiger charge is -2.56. The lowest BCUT2D eigenvalue weighted by molar-refractivity contribution is -0.266. The minimum atomic E-state index is -2.58. The van der Waals surface area contributed by atoms with E-state index in [0.29, 0.717) is 45.1 Å². The van der Waals surface area contributed by atoms with Crippen LogP contribution in [0.3, 0.4) is 0 Å². The van der Waals surface area contributed by atoms with E-state index in [2.05, 4.69) is 195 Å². The van der Waals surface area contributed by atoms with Crippen molar-refractivity contribution in [3.8, 4) is 0 Å². The molecule has 5 fully saturated rings. The Kier molecular flexibility index (Phi) is 24.9. The molecule has 8 bridgehead atoms. The highest BCUT2D eigenvalue weighted by Crippen LogP contribution is 2.50. The zero-order chi connectivity index (χ0) is 66.5. The summed E-state index contributed by atoms with van der Waals surface area (Å²) in [5.41, 5.74) is 2.17. The summed E-state index contributed by atoms with van der Waals surface area (Å²) in [6.07, 6.45) is 5.27. The Hall–Kier alpha value is -0.506. The molecule has 8 aliphatic heterocycles. The van der Waals surface area contributed by atoms with Crippen molar-refractivity contribution in [3.63, 3.8) is 0 Å². The number of methoxy groups -OCH3 is 1. The third-order valence-electron chi connectivity index (χ3n) is 23.7. The number of aliphatic hydroxyl groups excluding tert-OH is 1. The Morgan fingerprint density at radius 3 is 1.61 bits per heavy atom. The second-order valence-corrected chi connectivity index (χ2v) is 59.5. The Labute approximate surface area is 543 Å². The van der Waals surface area contributed by atoms with Crippen LogP contribution in [0.15, 0.2) is 36.5 Å². The van der Waals surface area contributed by atoms with Gasteiger partial charge in [0.2, 0.25) is 0 Å². The number of ketones is 1. The fourth-order valence-electron chi connectivity index (χ4n) is 12.5. The van der Waals surface area contributed by atoms with Crippen molar-refractivity contribution in [1.82, 2.24) is 0 Å². The van der Waals surface area contributed by atoms with Gasteiger partial charge in [0.15, 0.2) is 41.6 Å². The van der Waals surface area contributed by atoms with Gasteiger partial charge in [-0.3, -0.25) is 4.79 Å². The van der Waals surface area contributed by atoms with Crippen LogP contribution in [0.4, 0.5) is 0 Å². The van der Waals surface area contributed by atoms with Crippen LogP contribution in [-0.4, -0.2) is 164 Å². The molecule has 18 heteroatoms. The van der Waals surface area contributed by atoms with Crippen molar-refractivity contribution in [3.05, 3.63) is 36.5 Å². The van der Waals surface area contributed by atoms with Gasteiger partial charge in [-0.2, -0.15) is 0 Å². The zero-order valence-corrected chi connectivity index (χ0v) is 66.0. The quantitative estimate of drug-likeness (QED) is 0.131. The van der Waals surface area contributed by atoms with E-state index in [0.717, 1.165) is 36.8 Å². The molecule has 0 aromatic carbocycles. The average Bonchev–Trinajstić information content (AvgIpc) is 3.91. The van der Waals surface area contributed by atoms with Crippen molar-refractivity contribution in [2.75, 3.05) is 13.7 Å². The summed E-state index contributed by atoms with van der Waals surface area (Å²) >= 11 is 0. The molecule has 0 aromatic heterocycles. The summed E-state index contributed by atoms with van der Waals surface area (Å²) in [4.78, 5) is 15.4. The molecule has 5 saturated heterocycles. The summed E-state index contributed by atoms with van der Waals surface area (Å²) < 4.78 is 80.5. The first-order valence-electron chi connectivity index (χ1n) is 34.4. The van der Waals surface area contributed by atoms with Crippen LogP contribution in [0, 0.1) is 11.8 Å². The lowest BCUT2D eigenvalue weighted by Crippen LogP contribution is -2.69. The van der Waals surface area contributed by atoms with Gasteiger partial charge in [-0.25, -0.2) is 0 Å². The number of carbonyl (C=O) groups is 1. The minimum Gasteiger partial charge on any atom is -0.414 e. The number of Topliss-reactive ketones (excluding diaryl/α,β-unsaturated/α-hetero) is 1. The van der Waals surface area contributed by atoms with Gasteiger partial charge in [-0.05, 0) is 159 Å². The van der Waals surface area contributed by atoms with Crippen LogP contribution >= 0.6 is 0 Å². The monoisotopic (exact) mass is 1320 g/mol. The summed E-state index contributed by atoms with van der Waals surface area (Å²) in [5, 5.41) is 11.5. The molecule has 8 rings (SSSR count). The molecule has 8 heterocycles. The second kappa shape index (κ2) is 28.7. The zero-order valence-electron chi connectivity index (χ0n) is 61.0. The van der Waals surface area contributed by atoms with E-state index < -0.39 is 84.3 Å². The van der Waals surface area contributed by atoms with Crippen molar-refractivity contribution < 1.29 is 60.5 Å². The summed E-state index contributed by atoms with van der Waals surface area (Å²) in [6.45, 7) is 69.2. The molecule has 0 aliphatic carbocycles. The Morgan fingerprint density at radius 2 is 1.06 bits per heavy atom. The standard InChI is InChI=1S/C70H132O13Si5/c1-45-38-51-33-36-55-46(2)39-50(75-55)32-30-48(71)31-35-57(81-86(24,25)68(10,11)12)63-65(83-88(28,29)70(16,17)18)64(82-87(26,27)69(13,14)15)62-56(79-63)37-34-52(77-62)40-49(72)41-54-59(43-58(76-51)47(45)3)78-60(61(54)73-19)42-53(80-85(22,23)67(7,8)9)44-74-84(20,21)66(4,5)6/h31,35,45,48,50-65,71H,2-3,30,32-34,36-44H2,1,4-29H3/t45-,48?,50+,51+,52-,53+,54?,55?,56+,57+,58?,59+,60-,61-,62+,63+,64+,65-/m1/s1. The van der Waals surface area contributed by atoms with Gasteiger partial charge in [0, 0.05) is 38.7 Å². The maximum absolute atomic E-state index is 15.4. The molecule has 18 atom stereocenters. The highest BCUT2D eigenvalue weighted by Gasteiger charge is 2.59. The average molecular weight is 1320 g/mol. The highest BCUT2D eigenvalue weighted by atomic mass is 28.4. The topological polar surface area (TPSA) is 139 Å². The van der Waals surface area contributed by atoms with E-state index in [-0.39, 0.29) is 111 Å². The number of ether oxygens (including phenoxy) is 6. The Bertz CT molecular complexity index is 2360. The normalized spacial score (nSPS) is 35.0. The predicted octanol–water partition coefficient (Wildman–Crippen LogP) is 17.0. The van der Waals surface area contributed by atoms with Crippen LogP contribution in [-0.2, 0) is 55.3 Å². The summed E-state index contributed by atoms with van der Waals surface area (Å²) in [5.74, 6) is 0.0699. The minimum absolute atomic E-state index is 0.0128. The van der Waals surface area contributed by atoms with Crippen molar-refractivity contribution >= 4 is 47.4 Å². The first-order chi connectivity index (χ1) is 40.0. The molecule has 0 aromatic rings. The number of hydrogen-bond acceptors (Lipinski definition) is 13. The van der Waals surface area contributed by atoms with Crippen LogP contribution in [0.5, 0.6) is 0 Å². The van der Waals surface area contributed by atoms with Gasteiger partial charge >= 0.3 is 0 Å². The van der Waals surface area contributed by atoms with E-state index in [1.807, 2.05) is 6.08 Å². The van der Waals surface area contributed by atoms with Gasteiger partial charge in [0.1, 0.15) is 30.2 Å². The van der Waals surface area contributed by atoms with Gasteiger partial charge in [-0.15, -0.1) is 0 Å². The third-order valence-corrected chi connectivity index (χ3v) is 46.1. The predicted molar refractivity (Wildman–Crippen MR) is 372 cm³/mol. The third kappa shape index (κ3) is 18.7. The van der Waals surface area contributed by atoms with E-state index >= 15 is 4.79 Å². The van der Waals surface area contributed by atoms with Crippen LogP contribution in [0.25, 0.3) is 0 Å². The van der Waals surface area contributed by atoms with Crippen LogP contribution in [0.2, 0.25) is 90.7 Å². The molecule has 0 amide bonds. The van der Waals surface area contributed by atoms with Crippen molar-refractivity contribution in [1.29, 1.82) is 0 Å². The van der Waals surface area contributed by atoms with Crippen LogP contribution < -0.4 is 0 Å².